The molecule has 0 aliphatic carbocycles. The molecule has 0 aromatic carbocycles. The van der Waals surface area contributed by atoms with Crippen molar-refractivity contribution < 1.29 is 4.79 Å². The Labute approximate surface area is 118 Å². The van der Waals surface area contributed by atoms with Crippen LogP contribution < -0.4 is 5.32 Å². The van der Waals surface area contributed by atoms with Gasteiger partial charge in [-0.3, -0.25) is 14.9 Å². The molecule has 5 nitrogen and oxygen atoms in total. The molecule has 0 spiro atoms. The molecular weight excluding hydrogens is 252 g/mol. The van der Waals surface area contributed by atoms with Crippen LogP contribution in [0.15, 0.2) is 18.3 Å². The third-order valence-corrected chi connectivity index (χ3v) is 3.31. The van der Waals surface area contributed by atoms with Crippen molar-refractivity contribution in [3.8, 4) is 0 Å². The van der Waals surface area contributed by atoms with Crippen molar-refractivity contribution in [2.24, 2.45) is 0 Å². The molecule has 20 heavy (non-hydrogen) atoms. The van der Waals surface area contributed by atoms with Crippen LogP contribution in [-0.4, -0.2) is 27.6 Å². The first-order chi connectivity index (χ1) is 9.58. The first-order valence-corrected chi connectivity index (χ1v) is 6.79. The molecule has 0 bridgehead atoms. The van der Waals surface area contributed by atoms with Crippen LogP contribution in [0.2, 0.25) is 0 Å². The summed E-state index contributed by atoms with van der Waals surface area (Å²) < 4.78 is 0. The molecule has 2 heterocycles. The Balaban J connectivity index is 1.82. The van der Waals surface area contributed by atoms with E-state index < -0.39 is 0 Å². The van der Waals surface area contributed by atoms with Gasteiger partial charge in [0, 0.05) is 17.9 Å². The molecular formula is C15H20N4O. The van der Waals surface area contributed by atoms with E-state index >= 15 is 0 Å². The molecule has 1 amide bonds. The van der Waals surface area contributed by atoms with Crippen LogP contribution in [0, 0.1) is 20.8 Å². The maximum absolute atomic E-state index is 12.0. The van der Waals surface area contributed by atoms with Crippen LogP contribution in [-0.2, 0) is 6.42 Å². The average Bonchev–Trinajstić information content (AvgIpc) is 2.80. The molecule has 106 valence electrons. The number of rotatable bonds is 5. The van der Waals surface area contributed by atoms with E-state index in [9.17, 15) is 4.79 Å². The fourth-order valence-electron chi connectivity index (χ4n) is 2.13. The number of aryl methyl sites for hydroxylation is 4. The standard InChI is InChI=1S/C15H20N4O/c1-10-6-7-14(12(3)18-10)15(20)16-8-4-5-13-9-17-19-11(13)2/h6-7,9H,4-5,8H2,1-3H3,(H,16,20)(H,17,19). The molecule has 0 unspecified atom stereocenters. The van der Waals surface area contributed by atoms with E-state index in [0.717, 1.165) is 29.9 Å². The molecule has 0 radical (unpaired) electrons. The third kappa shape index (κ3) is 3.44. The minimum absolute atomic E-state index is 0.0566. The number of pyridine rings is 1. The summed E-state index contributed by atoms with van der Waals surface area (Å²) in [6.45, 7) is 6.43. The molecule has 0 aliphatic rings. The number of hydrogen-bond donors (Lipinski definition) is 2. The Morgan fingerprint density at radius 2 is 2.10 bits per heavy atom. The van der Waals surface area contributed by atoms with Gasteiger partial charge in [-0.1, -0.05) is 0 Å². The van der Waals surface area contributed by atoms with Crippen LogP contribution in [0.25, 0.3) is 0 Å². The Bertz CT molecular complexity index is 604. The summed E-state index contributed by atoms with van der Waals surface area (Å²) in [5.74, 6) is -0.0566. The predicted octanol–water partition coefficient (Wildman–Crippen LogP) is 2.09. The summed E-state index contributed by atoms with van der Waals surface area (Å²) >= 11 is 0. The van der Waals surface area contributed by atoms with Gasteiger partial charge in [0.1, 0.15) is 0 Å². The zero-order valence-corrected chi connectivity index (χ0v) is 12.2. The fraction of sp³-hybridized carbons (Fsp3) is 0.400. The Kier molecular flexibility index (Phi) is 4.50. The number of aromatic nitrogens is 3. The van der Waals surface area contributed by atoms with Gasteiger partial charge in [0.15, 0.2) is 0 Å². The highest BCUT2D eigenvalue weighted by Gasteiger charge is 2.09. The lowest BCUT2D eigenvalue weighted by molar-refractivity contribution is 0.0952. The monoisotopic (exact) mass is 272 g/mol. The van der Waals surface area contributed by atoms with E-state index in [0.29, 0.717) is 12.1 Å². The molecule has 2 aromatic rings. The summed E-state index contributed by atoms with van der Waals surface area (Å²) in [6, 6.07) is 3.68. The van der Waals surface area contributed by atoms with Gasteiger partial charge in [-0.2, -0.15) is 5.10 Å². The van der Waals surface area contributed by atoms with Crippen LogP contribution in [0.1, 0.15) is 39.4 Å². The van der Waals surface area contributed by atoms with Crippen LogP contribution in [0.5, 0.6) is 0 Å². The van der Waals surface area contributed by atoms with Crippen molar-refractivity contribution in [3.63, 3.8) is 0 Å². The molecule has 5 heteroatoms. The number of nitrogens with one attached hydrogen (secondary N) is 2. The van der Waals surface area contributed by atoms with E-state index in [1.165, 1.54) is 5.56 Å². The van der Waals surface area contributed by atoms with E-state index in [4.69, 9.17) is 0 Å². The van der Waals surface area contributed by atoms with Gasteiger partial charge in [-0.25, -0.2) is 0 Å². The van der Waals surface area contributed by atoms with Crippen molar-refractivity contribution in [2.45, 2.75) is 33.6 Å². The number of amides is 1. The van der Waals surface area contributed by atoms with Gasteiger partial charge in [0.05, 0.1) is 17.5 Å². The van der Waals surface area contributed by atoms with E-state index in [-0.39, 0.29) is 5.91 Å². The molecule has 0 aliphatic heterocycles. The van der Waals surface area contributed by atoms with E-state index in [1.807, 2.05) is 39.1 Å². The maximum Gasteiger partial charge on any atom is 0.253 e. The van der Waals surface area contributed by atoms with Gasteiger partial charge in [0.2, 0.25) is 0 Å². The SMILES string of the molecule is Cc1ccc(C(=O)NCCCc2cn[nH]c2C)c(C)n1. The smallest absolute Gasteiger partial charge is 0.253 e. The van der Waals surface area contributed by atoms with Crippen molar-refractivity contribution in [3.05, 3.63) is 46.5 Å². The van der Waals surface area contributed by atoms with Crippen molar-refractivity contribution in [1.82, 2.24) is 20.5 Å². The minimum Gasteiger partial charge on any atom is -0.352 e. The molecule has 0 atom stereocenters. The Morgan fingerprint density at radius 1 is 1.30 bits per heavy atom. The van der Waals surface area contributed by atoms with Crippen LogP contribution >= 0.6 is 0 Å². The molecule has 2 aromatic heterocycles. The zero-order chi connectivity index (χ0) is 14.5. The maximum atomic E-state index is 12.0. The van der Waals surface area contributed by atoms with Crippen molar-refractivity contribution >= 4 is 5.91 Å². The molecule has 0 saturated carbocycles. The number of H-pyrrole nitrogens is 1. The normalized spacial score (nSPS) is 10.6. The molecule has 2 rings (SSSR count). The number of carbonyl (C=O) groups is 1. The first kappa shape index (κ1) is 14.2. The van der Waals surface area contributed by atoms with Crippen LogP contribution in [0.4, 0.5) is 0 Å². The quantitative estimate of drug-likeness (QED) is 0.819. The summed E-state index contributed by atoms with van der Waals surface area (Å²) in [5, 5.41) is 9.83. The predicted molar refractivity (Wildman–Crippen MR) is 77.7 cm³/mol. The van der Waals surface area contributed by atoms with Crippen molar-refractivity contribution in [2.75, 3.05) is 6.54 Å². The lowest BCUT2D eigenvalue weighted by Crippen LogP contribution is -2.25. The Hall–Kier alpha value is -2.17. The largest absolute Gasteiger partial charge is 0.352 e. The first-order valence-electron chi connectivity index (χ1n) is 6.79. The van der Waals surface area contributed by atoms with Gasteiger partial charge in [0.25, 0.3) is 5.91 Å². The summed E-state index contributed by atoms with van der Waals surface area (Å²) in [6.07, 6.45) is 3.64. The van der Waals surface area contributed by atoms with E-state index in [2.05, 4.69) is 20.5 Å². The fourth-order valence-corrected chi connectivity index (χ4v) is 2.13. The highest BCUT2D eigenvalue weighted by atomic mass is 16.1. The van der Waals surface area contributed by atoms with Gasteiger partial charge >= 0.3 is 0 Å². The second kappa shape index (κ2) is 6.32. The average molecular weight is 272 g/mol. The number of aromatic amines is 1. The van der Waals surface area contributed by atoms with Crippen LogP contribution in [0.3, 0.4) is 0 Å². The summed E-state index contributed by atoms with van der Waals surface area (Å²) in [5.41, 5.74) is 4.64. The lowest BCUT2D eigenvalue weighted by atomic mass is 10.1. The topological polar surface area (TPSA) is 70.7 Å². The lowest BCUT2D eigenvalue weighted by Gasteiger charge is -2.07. The highest BCUT2D eigenvalue weighted by molar-refractivity contribution is 5.95. The van der Waals surface area contributed by atoms with Crippen molar-refractivity contribution in [1.29, 1.82) is 0 Å². The highest BCUT2D eigenvalue weighted by Crippen LogP contribution is 2.07. The zero-order valence-electron chi connectivity index (χ0n) is 12.2. The molecule has 0 fully saturated rings. The van der Waals surface area contributed by atoms with Gasteiger partial charge in [-0.15, -0.1) is 0 Å². The number of nitrogens with zero attached hydrogens (tertiary/aromatic N) is 2. The second-order valence-corrected chi connectivity index (χ2v) is 4.97. The third-order valence-electron chi connectivity index (χ3n) is 3.31. The van der Waals surface area contributed by atoms with Gasteiger partial charge in [-0.05, 0) is 51.3 Å². The van der Waals surface area contributed by atoms with Gasteiger partial charge < -0.3 is 5.32 Å². The minimum atomic E-state index is -0.0566. The number of carbonyl (C=O) groups excluding carboxylic acids is 1. The summed E-state index contributed by atoms with van der Waals surface area (Å²) in [4.78, 5) is 16.3. The Morgan fingerprint density at radius 3 is 2.75 bits per heavy atom. The molecule has 0 saturated heterocycles. The second-order valence-electron chi connectivity index (χ2n) is 4.97. The molecule has 2 N–H and O–H groups in total. The van der Waals surface area contributed by atoms with E-state index in [1.54, 1.807) is 0 Å². The summed E-state index contributed by atoms with van der Waals surface area (Å²) in [7, 11) is 0. The number of hydrogen-bond acceptors (Lipinski definition) is 3.